The standard InChI is InChI=1S/C29H25N3O3.C2H6/c1-17(33)24-15-25(24)22-9-3-2-8-21(22)18-6-4-7-20(14-18)32-16-26(29(35)31-19-11-12-19)27(34)23-10-5-13-30-28(23)32;1-2/h2-10,13-14,16,19,24-25,33H,1,11-12,15H2,(H,31,35);1-2H3. The fourth-order valence-corrected chi connectivity index (χ4v) is 4.82. The number of benzene rings is 2. The molecule has 1 amide bonds. The van der Waals surface area contributed by atoms with Gasteiger partial charge in [0.05, 0.1) is 11.1 Å². The van der Waals surface area contributed by atoms with Crippen LogP contribution in [0.4, 0.5) is 0 Å². The van der Waals surface area contributed by atoms with Crippen LogP contribution in [0, 0.1) is 5.92 Å². The summed E-state index contributed by atoms with van der Waals surface area (Å²) in [5, 5.41) is 13.2. The van der Waals surface area contributed by atoms with Crippen molar-refractivity contribution in [3.63, 3.8) is 0 Å². The topological polar surface area (TPSA) is 84.2 Å². The fraction of sp³-hybridized carbons (Fsp3) is 0.258. The summed E-state index contributed by atoms with van der Waals surface area (Å²) in [7, 11) is 0. The van der Waals surface area contributed by atoms with E-state index in [2.05, 4.69) is 29.0 Å². The molecule has 0 radical (unpaired) electrons. The van der Waals surface area contributed by atoms with Gasteiger partial charge in [-0.25, -0.2) is 4.98 Å². The second-order valence-corrected chi connectivity index (χ2v) is 9.44. The van der Waals surface area contributed by atoms with Crippen LogP contribution in [0.1, 0.15) is 54.9 Å². The first-order valence-electron chi connectivity index (χ1n) is 12.9. The molecule has 2 fully saturated rings. The number of carbonyl (C=O) groups is 1. The van der Waals surface area contributed by atoms with Gasteiger partial charge < -0.3 is 15.0 Å². The number of hydrogen-bond donors (Lipinski definition) is 2. The zero-order valence-corrected chi connectivity index (χ0v) is 21.1. The molecule has 0 saturated heterocycles. The molecule has 188 valence electrons. The summed E-state index contributed by atoms with van der Waals surface area (Å²) in [5.41, 5.74) is 4.40. The average molecular weight is 494 g/mol. The van der Waals surface area contributed by atoms with Gasteiger partial charge in [0.1, 0.15) is 11.2 Å². The fourth-order valence-electron chi connectivity index (χ4n) is 4.82. The summed E-state index contributed by atoms with van der Waals surface area (Å²) in [6.07, 6.45) is 6.03. The minimum absolute atomic E-state index is 0.0963. The minimum atomic E-state index is -0.345. The molecule has 6 nitrogen and oxygen atoms in total. The summed E-state index contributed by atoms with van der Waals surface area (Å²) >= 11 is 0. The van der Waals surface area contributed by atoms with E-state index in [1.54, 1.807) is 24.5 Å². The Morgan fingerprint density at radius 2 is 1.86 bits per heavy atom. The maximum atomic E-state index is 13.1. The number of amides is 1. The Kier molecular flexibility index (Phi) is 6.66. The third-order valence-electron chi connectivity index (χ3n) is 6.93. The van der Waals surface area contributed by atoms with E-state index in [0.717, 1.165) is 36.1 Å². The van der Waals surface area contributed by atoms with Crippen LogP contribution in [-0.4, -0.2) is 26.6 Å². The molecule has 4 aromatic rings. The van der Waals surface area contributed by atoms with Gasteiger partial charge >= 0.3 is 0 Å². The number of rotatable bonds is 6. The zero-order valence-electron chi connectivity index (χ0n) is 21.1. The normalized spacial score (nSPS) is 18.0. The van der Waals surface area contributed by atoms with Gasteiger partial charge in [0.25, 0.3) is 5.91 Å². The summed E-state index contributed by atoms with van der Waals surface area (Å²) in [5.74, 6) is 0.239. The number of aromatic nitrogens is 2. The van der Waals surface area contributed by atoms with Crippen molar-refractivity contribution in [2.45, 2.75) is 45.1 Å². The van der Waals surface area contributed by atoms with E-state index in [9.17, 15) is 14.7 Å². The molecule has 2 unspecified atom stereocenters. The Morgan fingerprint density at radius 1 is 1.08 bits per heavy atom. The molecule has 2 N–H and O–H groups in total. The monoisotopic (exact) mass is 493 g/mol. The predicted molar refractivity (Wildman–Crippen MR) is 147 cm³/mol. The van der Waals surface area contributed by atoms with Crippen LogP contribution >= 0.6 is 0 Å². The lowest BCUT2D eigenvalue weighted by Crippen LogP contribution is -2.31. The maximum Gasteiger partial charge on any atom is 0.257 e. The molecule has 0 aliphatic heterocycles. The van der Waals surface area contributed by atoms with E-state index < -0.39 is 0 Å². The maximum absolute atomic E-state index is 13.1. The predicted octanol–water partition coefficient (Wildman–Crippen LogP) is 6.15. The summed E-state index contributed by atoms with van der Waals surface area (Å²) in [6.45, 7) is 7.72. The summed E-state index contributed by atoms with van der Waals surface area (Å²) in [6, 6.07) is 19.8. The molecule has 6 heteroatoms. The Balaban J connectivity index is 0.00000137. The van der Waals surface area contributed by atoms with Gasteiger partial charge in [-0.1, -0.05) is 56.8 Å². The first kappa shape index (κ1) is 24.5. The van der Waals surface area contributed by atoms with Crippen molar-refractivity contribution in [1.82, 2.24) is 14.9 Å². The number of carbonyl (C=O) groups excluding carboxylic acids is 1. The Labute approximate surface area is 216 Å². The van der Waals surface area contributed by atoms with Gasteiger partial charge in [-0.15, -0.1) is 0 Å². The van der Waals surface area contributed by atoms with Crippen molar-refractivity contribution < 1.29 is 9.90 Å². The number of allylic oxidation sites excluding steroid dienone is 1. The molecular weight excluding hydrogens is 462 g/mol. The van der Waals surface area contributed by atoms with Crippen LogP contribution < -0.4 is 10.7 Å². The number of aliphatic hydroxyl groups excluding tert-OH is 1. The van der Waals surface area contributed by atoms with Crippen LogP contribution in [0.2, 0.25) is 0 Å². The number of aliphatic hydroxyl groups is 1. The molecular formula is C31H31N3O3. The van der Waals surface area contributed by atoms with Crippen LogP contribution in [0.15, 0.2) is 90.2 Å². The van der Waals surface area contributed by atoms with E-state index in [0.29, 0.717) is 11.0 Å². The molecule has 2 aliphatic rings. The van der Waals surface area contributed by atoms with Crippen LogP contribution in [0.25, 0.3) is 27.8 Å². The lowest BCUT2D eigenvalue weighted by atomic mass is 9.95. The lowest BCUT2D eigenvalue weighted by molar-refractivity contribution is 0.0949. The van der Waals surface area contributed by atoms with Crippen molar-refractivity contribution in [2.75, 3.05) is 0 Å². The Hall–Kier alpha value is -4.19. The third-order valence-corrected chi connectivity index (χ3v) is 6.93. The zero-order chi connectivity index (χ0) is 26.1. The Morgan fingerprint density at radius 3 is 2.59 bits per heavy atom. The van der Waals surface area contributed by atoms with Gasteiger partial charge in [0.2, 0.25) is 5.43 Å². The number of nitrogens with one attached hydrogen (secondary N) is 1. The minimum Gasteiger partial charge on any atom is -0.513 e. The van der Waals surface area contributed by atoms with Crippen molar-refractivity contribution in [3.05, 3.63) is 107 Å². The van der Waals surface area contributed by atoms with Crippen molar-refractivity contribution in [3.8, 4) is 16.8 Å². The quantitative estimate of drug-likeness (QED) is 0.316. The van der Waals surface area contributed by atoms with E-state index >= 15 is 0 Å². The average Bonchev–Trinajstić information content (AvgIpc) is 3.86. The Bertz CT molecular complexity index is 1550. The summed E-state index contributed by atoms with van der Waals surface area (Å²) < 4.78 is 1.82. The van der Waals surface area contributed by atoms with Crippen molar-refractivity contribution in [1.29, 1.82) is 0 Å². The lowest BCUT2D eigenvalue weighted by Gasteiger charge is -2.15. The molecule has 2 saturated carbocycles. The molecule has 0 bridgehead atoms. The highest BCUT2D eigenvalue weighted by Crippen LogP contribution is 2.53. The number of pyridine rings is 2. The SMILES string of the molecule is C=C(O)C1CC1c1ccccc1-c1cccc(-n2cc(C(=O)NC3CC3)c(=O)c3cccnc32)c1.CC. The van der Waals surface area contributed by atoms with Crippen LogP contribution in [0.5, 0.6) is 0 Å². The first-order chi connectivity index (χ1) is 18.0. The van der Waals surface area contributed by atoms with Gasteiger partial charge in [0, 0.05) is 30.0 Å². The summed E-state index contributed by atoms with van der Waals surface area (Å²) in [4.78, 5) is 30.5. The van der Waals surface area contributed by atoms with E-state index in [-0.39, 0.29) is 40.5 Å². The van der Waals surface area contributed by atoms with E-state index in [1.807, 2.05) is 54.8 Å². The van der Waals surface area contributed by atoms with Crippen LogP contribution in [0.3, 0.4) is 0 Å². The smallest absolute Gasteiger partial charge is 0.257 e. The number of nitrogens with zero attached hydrogens (tertiary/aromatic N) is 2. The van der Waals surface area contributed by atoms with Crippen molar-refractivity contribution in [2.24, 2.45) is 5.92 Å². The highest BCUT2D eigenvalue weighted by molar-refractivity contribution is 5.97. The molecule has 2 atom stereocenters. The van der Waals surface area contributed by atoms with E-state index in [1.165, 1.54) is 5.56 Å². The second kappa shape index (κ2) is 10.1. The molecule has 37 heavy (non-hydrogen) atoms. The third kappa shape index (κ3) is 4.79. The molecule has 2 aromatic carbocycles. The molecule has 2 aromatic heterocycles. The highest BCUT2D eigenvalue weighted by Gasteiger charge is 2.41. The molecule has 6 rings (SSSR count). The van der Waals surface area contributed by atoms with Crippen molar-refractivity contribution >= 4 is 16.9 Å². The largest absolute Gasteiger partial charge is 0.513 e. The second-order valence-electron chi connectivity index (χ2n) is 9.44. The molecule has 2 aliphatic carbocycles. The van der Waals surface area contributed by atoms with E-state index in [4.69, 9.17) is 0 Å². The van der Waals surface area contributed by atoms with Gasteiger partial charge in [-0.05, 0) is 66.1 Å². The molecule has 2 heterocycles. The van der Waals surface area contributed by atoms with Crippen LogP contribution in [-0.2, 0) is 0 Å². The number of hydrogen-bond acceptors (Lipinski definition) is 4. The number of fused-ring (bicyclic) bond motifs is 1. The highest BCUT2D eigenvalue weighted by atomic mass is 16.3. The van der Waals surface area contributed by atoms with Gasteiger partial charge in [-0.3, -0.25) is 9.59 Å². The first-order valence-corrected chi connectivity index (χ1v) is 12.9. The van der Waals surface area contributed by atoms with Gasteiger partial charge in [-0.2, -0.15) is 0 Å². The van der Waals surface area contributed by atoms with Gasteiger partial charge in [0.15, 0.2) is 0 Å². The molecule has 0 spiro atoms.